The zero-order chi connectivity index (χ0) is 20.2. The van der Waals surface area contributed by atoms with Gasteiger partial charge in [0, 0.05) is 35.3 Å². The molecular formula is C21H18FN5OS. The van der Waals surface area contributed by atoms with Crippen LogP contribution in [0.2, 0.25) is 0 Å². The van der Waals surface area contributed by atoms with Crippen LogP contribution in [0, 0.1) is 5.82 Å². The van der Waals surface area contributed by atoms with Crippen LogP contribution in [0.4, 0.5) is 10.2 Å². The van der Waals surface area contributed by atoms with Gasteiger partial charge in [0.1, 0.15) is 11.6 Å². The van der Waals surface area contributed by atoms with Gasteiger partial charge < -0.3 is 5.32 Å². The molecule has 0 saturated heterocycles. The van der Waals surface area contributed by atoms with Crippen LogP contribution in [0.25, 0.3) is 5.69 Å². The molecule has 2 aromatic heterocycles. The number of halogens is 1. The molecule has 0 atom stereocenters. The summed E-state index contributed by atoms with van der Waals surface area (Å²) in [7, 11) is 0. The zero-order valence-corrected chi connectivity index (χ0v) is 16.4. The lowest BCUT2D eigenvalue weighted by molar-refractivity contribution is 0.102. The molecule has 0 aliphatic carbocycles. The van der Waals surface area contributed by atoms with Gasteiger partial charge in [-0.2, -0.15) is 5.10 Å². The normalized spacial score (nSPS) is 10.8. The summed E-state index contributed by atoms with van der Waals surface area (Å²) in [4.78, 5) is 17.1. The van der Waals surface area contributed by atoms with Crippen molar-refractivity contribution in [1.82, 2.24) is 19.3 Å². The van der Waals surface area contributed by atoms with Gasteiger partial charge in [0.15, 0.2) is 5.16 Å². The van der Waals surface area contributed by atoms with Crippen molar-refractivity contribution in [2.24, 2.45) is 0 Å². The molecule has 1 amide bonds. The van der Waals surface area contributed by atoms with Crippen molar-refractivity contribution < 1.29 is 9.18 Å². The van der Waals surface area contributed by atoms with Gasteiger partial charge >= 0.3 is 0 Å². The van der Waals surface area contributed by atoms with Gasteiger partial charge in [-0.15, -0.1) is 0 Å². The molecule has 2 aromatic carbocycles. The number of thioether (sulfide) groups is 1. The van der Waals surface area contributed by atoms with Crippen molar-refractivity contribution in [3.05, 3.63) is 90.1 Å². The average Bonchev–Trinajstić information content (AvgIpc) is 3.39. The van der Waals surface area contributed by atoms with Crippen LogP contribution in [-0.4, -0.2) is 31.5 Å². The second-order valence-electron chi connectivity index (χ2n) is 6.25. The summed E-state index contributed by atoms with van der Waals surface area (Å²) < 4.78 is 17.4. The Morgan fingerprint density at radius 3 is 2.83 bits per heavy atom. The average molecular weight is 407 g/mol. The quantitative estimate of drug-likeness (QED) is 0.486. The first-order valence-electron chi connectivity index (χ1n) is 8.90. The third-order valence-electron chi connectivity index (χ3n) is 4.41. The Morgan fingerprint density at radius 1 is 1.14 bits per heavy atom. The molecule has 4 rings (SSSR count). The van der Waals surface area contributed by atoms with Crippen molar-refractivity contribution in [1.29, 1.82) is 0 Å². The summed E-state index contributed by atoms with van der Waals surface area (Å²) in [6.07, 6.45) is 7.10. The highest BCUT2D eigenvalue weighted by molar-refractivity contribution is 7.98. The number of benzene rings is 2. The number of anilines is 1. The Morgan fingerprint density at radius 2 is 2.00 bits per heavy atom. The van der Waals surface area contributed by atoms with Crippen LogP contribution in [0.3, 0.4) is 0 Å². The molecule has 146 valence electrons. The molecule has 0 spiro atoms. The third kappa shape index (κ3) is 4.07. The fourth-order valence-corrected chi connectivity index (χ4v) is 3.50. The zero-order valence-electron chi connectivity index (χ0n) is 15.6. The molecule has 0 fully saturated rings. The molecule has 0 saturated carbocycles. The highest BCUT2D eigenvalue weighted by atomic mass is 32.2. The molecule has 0 radical (unpaired) electrons. The molecule has 0 aliphatic heterocycles. The minimum atomic E-state index is -0.307. The van der Waals surface area contributed by atoms with Gasteiger partial charge in [0.05, 0.1) is 12.7 Å². The standard InChI is InChI=1S/C21H18FN5OS/c1-29-21-23-11-12-26(21)17-7-4-6-15(13-17)20(28)25-19-9-10-24-27(19)14-16-5-2-3-8-18(16)22/h2-13H,14H2,1H3,(H,25,28). The van der Waals surface area contributed by atoms with Gasteiger partial charge in [0.2, 0.25) is 0 Å². The van der Waals surface area contributed by atoms with Gasteiger partial charge in [-0.3, -0.25) is 9.36 Å². The fraction of sp³-hybridized carbons (Fsp3) is 0.0952. The lowest BCUT2D eigenvalue weighted by Crippen LogP contribution is -2.16. The summed E-state index contributed by atoms with van der Waals surface area (Å²) in [6, 6.07) is 15.5. The van der Waals surface area contributed by atoms with Crippen LogP contribution < -0.4 is 5.32 Å². The monoisotopic (exact) mass is 407 g/mol. The van der Waals surface area contributed by atoms with Crippen LogP contribution in [0.1, 0.15) is 15.9 Å². The van der Waals surface area contributed by atoms with E-state index in [0.29, 0.717) is 16.9 Å². The SMILES string of the molecule is CSc1nccn1-c1cccc(C(=O)Nc2ccnn2Cc2ccccc2F)c1. The maximum absolute atomic E-state index is 13.9. The summed E-state index contributed by atoms with van der Waals surface area (Å²) in [5.74, 6) is -0.0815. The maximum Gasteiger partial charge on any atom is 0.256 e. The Bertz CT molecular complexity index is 1150. The molecule has 2 heterocycles. The first-order valence-corrected chi connectivity index (χ1v) is 10.1. The Kier molecular flexibility index (Phi) is 5.44. The van der Waals surface area contributed by atoms with E-state index in [4.69, 9.17) is 0 Å². The van der Waals surface area contributed by atoms with Crippen LogP contribution in [0.15, 0.2) is 78.3 Å². The first kappa shape index (κ1) is 18.9. The van der Waals surface area contributed by atoms with E-state index in [2.05, 4.69) is 15.4 Å². The summed E-state index contributed by atoms with van der Waals surface area (Å²) >= 11 is 1.53. The number of amides is 1. The summed E-state index contributed by atoms with van der Waals surface area (Å²) in [5, 5.41) is 7.90. The number of nitrogens with zero attached hydrogens (tertiary/aromatic N) is 4. The number of aromatic nitrogens is 4. The fourth-order valence-electron chi connectivity index (χ4n) is 2.98. The van der Waals surface area contributed by atoms with E-state index in [-0.39, 0.29) is 18.3 Å². The lowest BCUT2D eigenvalue weighted by atomic mass is 10.2. The van der Waals surface area contributed by atoms with E-state index in [9.17, 15) is 9.18 Å². The number of imidazole rings is 1. The number of nitrogens with one attached hydrogen (secondary N) is 1. The van der Waals surface area contributed by atoms with Crippen LogP contribution in [-0.2, 0) is 6.54 Å². The number of carbonyl (C=O) groups is 1. The van der Waals surface area contributed by atoms with Crippen molar-refractivity contribution in [3.8, 4) is 5.69 Å². The highest BCUT2D eigenvalue weighted by Gasteiger charge is 2.13. The van der Waals surface area contributed by atoms with Crippen molar-refractivity contribution >= 4 is 23.5 Å². The Hall–Kier alpha value is -3.39. The van der Waals surface area contributed by atoms with E-state index in [0.717, 1.165) is 10.8 Å². The van der Waals surface area contributed by atoms with E-state index in [1.54, 1.807) is 53.5 Å². The van der Waals surface area contributed by atoms with Crippen molar-refractivity contribution in [2.75, 3.05) is 11.6 Å². The van der Waals surface area contributed by atoms with E-state index in [1.165, 1.54) is 17.8 Å². The van der Waals surface area contributed by atoms with E-state index in [1.807, 2.05) is 29.2 Å². The van der Waals surface area contributed by atoms with E-state index >= 15 is 0 Å². The van der Waals surface area contributed by atoms with E-state index < -0.39 is 0 Å². The highest BCUT2D eigenvalue weighted by Crippen LogP contribution is 2.20. The molecule has 0 aliphatic rings. The molecule has 0 bridgehead atoms. The second kappa shape index (κ2) is 8.32. The number of hydrogen-bond donors (Lipinski definition) is 1. The van der Waals surface area contributed by atoms with Gasteiger partial charge in [-0.05, 0) is 30.5 Å². The predicted molar refractivity (Wildman–Crippen MR) is 111 cm³/mol. The van der Waals surface area contributed by atoms with Gasteiger partial charge in [-0.25, -0.2) is 14.1 Å². The third-order valence-corrected chi connectivity index (χ3v) is 5.08. The molecule has 0 unspecified atom stereocenters. The summed E-state index contributed by atoms with van der Waals surface area (Å²) in [6.45, 7) is 0.224. The van der Waals surface area contributed by atoms with Crippen molar-refractivity contribution in [2.45, 2.75) is 11.7 Å². The minimum Gasteiger partial charge on any atom is -0.307 e. The lowest BCUT2D eigenvalue weighted by Gasteiger charge is -2.11. The smallest absolute Gasteiger partial charge is 0.256 e. The number of hydrogen-bond acceptors (Lipinski definition) is 4. The topological polar surface area (TPSA) is 64.7 Å². The number of rotatable bonds is 6. The first-order chi connectivity index (χ1) is 14.2. The van der Waals surface area contributed by atoms with Crippen LogP contribution >= 0.6 is 11.8 Å². The minimum absolute atomic E-state index is 0.224. The molecular weight excluding hydrogens is 389 g/mol. The Labute approximate surface area is 171 Å². The maximum atomic E-state index is 13.9. The van der Waals surface area contributed by atoms with Gasteiger partial charge in [0.25, 0.3) is 5.91 Å². The largest absolute Gasteiger partial charge is 0.307 e. The van der Waals surface area contributed by atoms with Crippen LogP contribution in [0.5, 0.6) is 0 Å². The molecule has 4 aromatic rings. The molecule has 1 N–H and O–H groups in total. The second-order valence-corrected chi connectivity index (χ2v) is 7.03. The molecule has 29 heavy (non-hydrogen) atoms. The summed E-state index contributed by atoms with van der Waals surface area (Å²) in [5.41, 5.74) is 1.85. The van der Waals surface area contributed by atoms with Crippen molar-refractivity contribution in [3.63, 3.8) is 0 Å². The Balaban J connectivity index is 1.55. The predicted octanol–water partition coefficient (Wildman–Crippen LogP) is 4.23. The molecule has 8 heteroatoms. The number of carbonyl (C=O) groups excluding carboxylic acids is 1. The molecule has 6 nitrogen and oxygen atoms in total. The van der Waals surface area contributed by atoms with Gasteiger partial charge in [-0.1, -0.05) is 36.0 Å².